The molecule has 1 heterocycles. The molecule has 120 valence electrons. The molecule has 1 aromatic rings. The van der Waals surface area contributed by atoms with Crippen LogP contribution in [0.1, 0.15) is 16.8 Å². The van der Waals surface area contributed by atoms with Crippen LogP contribution in [0.5, 0.6) is 5.75 Å². The van der Waals surface area contributed by atoms with Crippen molar-refractivity contribution in [1.82, 2.24) is 5.01 Å². The Kier molecular flexibility index (Phi) is 4.05. The Morgan fingerprint density at radius 2 is 2.00 bits per heavy atom. The number of halogens is 5. The standard InChI is InChI=1S/C12H9F5N2O3/c13-10(14)22-8-4-2-1-3-7(8)9(20)19-11(21,5-6-18-19)12(15,16)17/h1-4,6,10,21H,5H2/t11-/m1/s1. The fraction of sp³-hybridized carbons (Fsp3) is 0.333. The predicted octanol–water partition coefficient (Wildman–Crippen LogP) is 2.37. The minimum absolute atomic E-state index is 0.194. The molecule has 22 heavy (non-hydrogen) atoms. The summed E-state index contributed by atoms with van der Waals surface area (Å²) in [6, 6.07) is 4.49. The number of para-hydroxylation sites is 1. The number of nitrogens with zero attached hydrogens (tertiary/aromatic N) is 2. The van der Waals surface area contributed by atoms with Gasteiger partial charge in [-0.1, -0.05) is 12.1 Å². The fourth-order valence-electron chi connectivity index (χ4n) is 1.84. The van der Waals surface area contributed by atoms with Crippen molar-refractivity contribution in [2.45, 2.75) is 24.9 Å². The highest BCUT2D eigenvalue weighted by molar-refractivity contribution is 5.98. The molecule has 1 amide bonds. The Morgan fingerprint density at radius 1 is 1.36 bits per heavy atom. The number of rotatable bonds is 3. The molecule has 5 nitrogen and oxygen atoms in total. The molecule has 1 aliphatic rings. The van der Waals surface area contributed by atoms with Crippen LogP contribution in [0, 0.1) is 0 Å². The first-order valence-electron chi connectivity index (χ1n) is 5.87. The number of carbonyl (C=O) groups is 1. The van der Waals surface area contributed by atoms with Gasteiger partial charge in [-0.05, 0) is 12.1 Å². The van der Waals surface area contributed by atoms with Gasteiger partial charge >= 0.3 is 12.8 Å². The lowest BCUT2D eigenvalue weighted by Gasteiger charge is -2.32. The Balaban J connectivity index is 2.38. The summed E-state index contributed by atoms with van der Waals surface area (Å²) < 4.78 is 67.4. The third-order valence-electron chi connectivity index (χ3n) is 2.90. The van der Waals surface area contributed by atoms with E-state index >= 15 is 0 Å². The summed E-state index contributed by atoms with van der Waals surface area (Å²) in [5, 5.41) is 12.7. The van der Waals surface area contributed by atoms with Crippen LogP contribution >= 0.6 is 0 Å². The van der Waals surface area contributed by atoms with Gasteiger partial charge in [0.1, 0.15) is 5.75 Å². The Hall–Kier alpha value is -2.23. The second-order valence-electron chi connectivity index (χ2n) is 4.31. The van der Waals surface area contributed by atoms with E-state index in [0.717, 1.165) is 12.1 Å². The maximum absolute atomic E-state index is 12.9. The Labute approximate surface area is 120 Å². The number of benzene rings is 1. The largest absolute Gasteiger partial charge is 0.438 e. The lowest BCUT2D eigenvalue weighted by molar-refractivity contribution is -0.297. The van der Waals surface area contributed by atoms with Crippen LogP contribution in [0.3, 0.4) is 0 Å². The summed E-state index contributed by atoms with van der Waals surface area (Å²) in [7, 11) is 0. The van der Waals surface area contributed by atoms with Gasteiger partial charge in [-0.3, -0.25) is 4.79 Å². The summed E-state index contributed by atoms with van der Waals surface area (Å²) in [6.45, 7) is -3.27. The number of carbonyl (C=O) groups excluding carboxylic acids is 1. The first kappa shape index (κ1) is 16.1. The summed E-state index contributed by atoms with van der Waals surface area (Å²) in [5.74, 6) is -2.03. The molecule has 0 radical (unpaired) electrons. The monoisotopic (exact) mass is 324 g/mol. The Bertz CT molecular complexity index is 605. The quantitative estimate of drug-likeness (QED) is 0.868. The van der Waals surface area contributed by atoms with Gasteiger partial charge in [0.2, 0.25) is 0 Å². The molecule has 1 aromatic carbocycles. The molecule has 0 fully saturated rings. The third-order valence-corrected chi connectivity index (χ3v) is 2.90. The van der Waals surface area contributed by atoms with E-state index in [-0.39, 0.29) is 5.01 Å². The first-order valence-corrected chi connectivity index (χ1v) is 5.87. The van der Waals surface area contributed by atoms with Crippen LogP contribution in [0.4, 0.5) is 22.0 Å². The van der Waals surface area contributed by atoms with Crippen LogP contribution in [-0.2, 0) is 0 Å². The van der Waals surface area contributed by atoms with Crippen molar-refractivity contribution in [3.8, 4) is 5.75 Å². The van der Waals surface area contributed by atoms with Crippen molar-refractivity contribution in [2.75, 3.05) is 0 Å². The number of ether oxygens (including phenoxy) is 1. The number of alkyl halides is 5. The summed E-state index contributed by atoms with van der Waals surface area (Å²) in [6.07, 6.45) is -5.42. The molecule has 0 spiro atoms. The van der Waals surface area contributed by atoms with E-state index in [0.29, 0.717) is 6.21 Å². The minimum Gasteiger partial charge on any atom is -0.434 e. The zero-order chi connectivity index (χ0) is 16.5. The molecule has 0 bridgehead atoms. The lowest BCUT2D eigenvalue weighted by Crippen LogP contribution is -2.56. The molecule has 0 saturated carbocycles. The van der Waals surface area contributed by atoms with Crippen LogP contribution in [0.2, 0.25) is 0 Å². The van der Waals surface area contributed by atoms with Crippen molar-refractivity contribution >= 4 is 12.1 Å². The van der Waals surface area contributed by atoms with Gasteiger partial charge in [0.05, 0.1) is 5.56 Å². The van der Waals surface area contributed by atoms with E-state index < -0.39 is 42.2 Å². The first-order chi connectivity index (χ1) is 10.2. The highest BCUT2D eigenvalue weighted by Gasteiger charge is 2.61. The van der Waals surface area contributed by atoms with Crippen molar-refractivity contribution in [3.63, 3.8) is 0 Å². The zero-order valence-electron chi connectivity index (χ0n) is 10.7. The van der Waals surface area contributed by atoms with Gasteiger partial charge in [-0.2, -0.15) is 32.1 Å². The highest BCUT2D eigenvalue weighted by atomic mass is 19.4. The number of hydrazone groups is 1. The van der Waals surface area contributed by atoms with Crippen molar-refractivity contribution in [3.05, 3.63) is 29.8 Å². The molecule has 0 saturated heterocycles. The molecule has 0 unspecified atom stereocenters. The van der Waals surface area contributed by atoms with E-state index in [2.05, 4.69) is 9.84 Å². The fourth-order valence-corrected chi connectivity index (χ4v) is 1.84. The maximum Gasteiger partial charge on any atom is 0.438 e. The lowest BCUT2D eigenvalue weighted by atomic mass is 10.1. The number of hydrogen-bond donors (Lipinski definition) is 1. The molecule has 1 aliphatic heterocycles. The maximum atomic E-state index is 12.9. The molecular formula is C12H9F5N2O3. The van der Waals surface area contributed by atoms with E-state index in [9.17, 15) is 31.9 Å². The Morgan fingerprint density at radius 3 is 2.59 bits per heavy atom. The van der Waals surface area contributed by atoms with Crippen LogP contribution < -0.4 is 4.74 Å². The molecular weight excluding hydrogens is 315 g/mol. The minimum atomic E-state index is -5.17. The normalized spacial score (nSPS) is 21.5. The highest BCUT2D eigenvalue weighted by Crippen LogP contribution is 2.40. The van der Waals surface area contributed by atoms with Gasteiger partial charge in [0.15, 0.2) is 0 Å². The average Bonchev–Trinajstić information content (AvgIpc) is 2.81. The second-order valence-corrected chi connectivity index (χ2v) is 4.31. The topological polar surface area (TPSA) is 62.1 Å². The van der Waals surface area contributed by atoms with Crippen LogP contribution in [0.15, 0.2) is 29.4 Å². The zero-order valence-corrected chi connectivity index (χ0v) is 10.7. The summed E-state index contributed by atoms with van der Waals surface area (Å²) in [4.78, 5) is 12.1. The van der Waals surface area contributed by atoms with Gasteiger partial charge in [-0.25, -0.2) is 0 Å². The molecule has 0 aromatic heterocycles. The third kappa shape index (κ3) is 2.73. The van der Waals surface area contributed by atoms with E-state index in [1.54, 1.807) is 0 Å². The SMILES string of the molecule is O=C(c1ccccc1OC(F)F)N1N=CC[C@@]1(O)C(F)(F)F. The van der Waals surface area contributed by atoms with Gasteiger partial charge in [0.25, 0.3) is 11.6 Å². The van der Waals surface area contributed by atoms with Gasteiger partial charge < -0.3 is 9.84 Å². The van der Waals surface area contributed by atoms with Crippen molar-refractivity contribution in [1.29, 1.82) is 0 Å². The smallest absolute Gasteiger partial charge is 0.434 e. The average molecular weight is 324 g/mol. The van der Waals surface area contributed by atoms with E-state index in [1.165, 1.54) is 12.1 Å². The molecule has 0 aliphatic carbocycles. The van der Waals surface area contributed by atoms with Crippen molar-refractivity contribution < 1.29 is 36.6 Å². The second kappa shape index (κ2) is 5.52. The van der Waals surface area contributed by atoms with E-state index in [1.807, 2.05) is 0 Å². The molecule has 1 N–H and O–H groups in total. The number of aliphatic hydroxyl groups is 1. The predicted molar refractivity (Wildman–Crippen MR) is 63.4 cm³/mol. The van der Waals surface area contributed by atoms with Crippen molar-refractivity contribution in [2.24, 2.45) is 5.10 Å². The molecule has 10 heteroatoms. The van der Waals surface area contributed by atoms with Crippen LogP contribution in [0.25, 0.3) is 0 Å². The van der Waals surface area contributed by atoms with E-state index in [4.69, 9.17) is 0 Å². The van der Waals surface area contributed by atoms with Crippen LogP contribution in [-0.4, -0.2) is 40.8 Å². The summed E-state index contributed by atoms with van der Waals surface area (Å²) in [5.41, 5.74) is -4.10. The number of hydrogen-bond acceptors (Lipinski definition) is 4. The summed E-state index contributed by atoms with van der Waals surface area (Å²) >= 11 is 0. The van der Waals surface area contributed by atoms with Gasteiger partial charge in [-0.15, -0.1) is 0 Å². The molecule has 2 rings (SSSR count). The number of amides is 1. The molecule has 1 atom stereocenters. The van der Waals surface area contributed by atoms with Gasteiger partial charge in [0, 0.05) is 12.6 Å².